The molecule has 1 aromatic carbocycles. The van der Waals surface area contributed by atoms with Crippen LogP contribution < -0.4 is 5.73 Å². The van der Waals surface area contributed by atoms with Crippen molar-refractivity contribution in [3.05, 3.63) is 59.8 Å². The number of hydrogen-bond acceptors (Lipinski definition) is 3. The predicted octanol–water partition coefficient (Wildman–Crippen LogP) is 3.52. The minimum Gasteiger partial charge on any atom is -0.383 e. The van der Waals surface area contributed by atoms with Crippen LogP contribution in [-0.2, 0) is 7.05 Å². The SMILES string of the molecule is Cc1ccc(-c2cc(-c3cccn3C)c(C#N)c(N)n2)cc1. The molecule has 2 aromatic heterocycles. The second-order valence-electron chi connectivity index (χ2n) is 5.30. The van der Waals surface area contributed by atoms with Gasteiger partial charge in [0.1, 0.15) is 17.5 Å². The molecule has 3 aromatic rings. The van der Waals surface area contributed by atoms with Crippen LogP contribution >= 0.6 is 0 Å². The Bertz CT molecular complexity index is 867. The van der Waals surface area contributed by atoms with Crippen LogP contribution in [0, 0.1) is 18.3 Å². The predicted molar refractivity (Wildman–Crippen MR) is 87.9 cm³/mol. The van der Waals surface area contributed by atoms with Gasteiger partial charge in [-0.25, -0.2) is 4.98 Å². The van der Waals surface area contributed by atoms with Crippen molar-refractivity contribution in [1.29, 1.82) is 5.26 Å². The van der Waals surface area contributed by atoms with E-state index >= 15 is 0 Å². The summed E-state index contributed by atoms with van der Waals surface area (Å²) >= 11 is 0. The van der Waals surface area contributed by atoms with Gasteiger partial charge < -0.3 is 10.3 Å². The zero-order chi connectivity index (χ0) is 15.7. The van der Waals surface area contributed by atoms with Crippen molar-refractivity contribution < 1.29 is 0 Å². The normalized spacial score (nSPS) is 10.4. The lowest BCUT2D eigenvalue weighted by atomic mass is 10.0. The molecule has 108 valence electrons. The molecule has 0 unspecified atom stereocenters. The number of nitrogens with two attached hydrogens (primary N) is 1. The number of rotatable bonds is 2. The second kappa shape index (κ2) is 5.38. The van der Waals surface area contributed by atoms with Crippen LogP contribution in [0.15, 0.2) is 48.7 Å². The first-order chi connectivity index (χ1) is 10.6. The van der Waals surface area contributed by atoms with E-state index in [1.807, 2.05) is 67.2 Å². The van der Waals surface area contributed by atoms with E-state index in [0.717, 1.165) is 22.5 Å². The molecule has 0 spiro atoms. The summed E-state index contributed by atoms with van der Waals surface area (Å²) in [4.78, 5) is 4.39. The molecule has 4 heteroatoms. The average Bonchev–Trinajstić information content (AvgIpc) is 2.93. The molecule has 0 amide bonds. The lowest BCUT2D eigenvalue weighted by Crippen LogP contribution is -2.01. The maximum Gasteiger partial charge on any atom is 0.142 e. The molecule has 0 aliphatic carbocycles. The molecule has 2 N–H and O–H groups in total. The number of aryl methyl sites for hydroxylation is 2. The van der Waals surface area contributed by atoms with Crippen molar-refractivity contribution in [3.8, 4) is 28.6 Å². The monoisotopic (exact) mass is 288 g/mol. The molecule has 0 atom stereocenters. The summed E-state index contributed by atoms with van der Waals surface area (Å²) in [5.74, 6) is 0.261. The van der Waals surface area contributed by atoms with Gasteiger partial charge in [0, 0.05) is 30.1 Å². The van der Waals surface area contributed by atoms with E-state index in [2.05, 4.69) is 11.1 Å². The van der Waals surface area contributed by atoms with Gasteiger partial charge in [-0.15, -0.1) is 0 Å². The van der Waals surface area contributed by atoms with Gasteiger partial charge >= 0.3 is 0 Å². The summed E-state index contributed by atoms with van der Waals surface area (Å²) in [6.45, 7) is 2.04. The van der Waals surface area contributed by atoms with Gasteiger partial charge in [0.25, 0.3) is 0 Å². The summed E-state index contributed by atoms with van der Waals surface area (Å²) in [5, 5.41) is 9.41. The van der Waals surface area contributed by atoms with Gasteiger partial charge in [0.2, 0.25) is 0 Å². The number of nitrogens with zero attached hydrogens (tertiary/aromatic N) is 3. The fourth-order valence-electron chi connectivity index (χ4n) is 2.50. The van der Waals surface area contributed by atoms with Crippen LogP contribution in [0.25, 0.3) is 22.5 Å². The Labute approximate surface area is 129 Å². The number of nitrogen functional groups attached to an aromatic ring is 1. The molecule has 0 fully saturated rings. The third kappa shape index (κ3) is 2.33. The molecule has 0 radical (unpaired) electrons. The van der Waals surface area contributed by atoms with Crippen molar-refractivity contribution in [3.63, 3.8) is 0 Å². The van der Waals surface area contributed by atoms with E-state index in [1.54, 1.807) is 0 Å². The van der Waals surface area contributed by atoms with Gasteiger partial charge in [0.15, 0.2) is 0 Å². The maximum atomic E-state index is 9.41. The smallest absolute Gasteiger partial charge is 0.142 e. The Morgan fingerprint density at radius 2 is 1.91 bits per heavy atom. The fraction of sp³-hybridized carbons (Fsp3) is 0.111. The van der Waals surface area contributed by atoms with Gasteiger partial charge in [-0.2, -0.15) is 5.26 Å². The summed E-state index contributed by atoms with van der Waals surface area (Å²) in [7, 11) is 1.94. The highest BCUT2D eigenvalue weighted by Gasteiger charge is 2.14. The molecular weight excluding hydrogens is 272 g/mol. The Balaban J connectivity index is 2.23. The molecular formula is C18H16N4. The number of hydrogen-bond donors (Lipinski definition) is 1. The Morgan fingerprint density at radius 1 is 1.18 bits per heavy atom. The van der Waals surface area contributed by atoms with Crippen molar-refractivity contribution >= 4 is 5.82 Å². The zero-order valence-corrected chi connectivity index (χ0v) is 12.5. The Kier molecular flexibility index (Phi) is 3.40. The van der Waals surface area contributed by atoms with E-state index in [0.29, 0.717) is 5.56 Å². The molecule has 22 heavy (non-hydrogen) atoms. The summed E-state index contributed by atoms with van der Waals surface area (Å²) < 4.78 is 1.97. The quantitative estimate of drug-likeness (QED) is 0.784. The molecule has 3 rings (SSSR count). The molecule has 0 saturated heterocycles. The minimum absolute atomic E-state index is 0.261. The van der Waals surface area contributed by atoms with Crippen LogP contribution in [-0.4, -0.2) is 9.55 Å². The minimum atomic E-state index is 0.261. The zero-order valence-electron chi connectivity index (χ0n) is 12.5. The van der Waals surface area contributed by atoms with Crippen molar-refractivity contribution in [2.75, 3.05) is 5.73 Å². The van der Waals surface area contributed by atoms with E-state index in [4.69, 9.17) is 5.73 Å². The van der Waals surface area contributed by atoms with Crippen molar-refractivity contribution in [1.82, 2.24) is 9.55 Å². The lowest BCUT2D eigenvalue weighted by molar-refractivity contribution is 0.936. The molecule has 2 heterocycles. The Morgan fingerprint density at radius 3 is 2.50 bits per heavy atom. The van der Waals surface area contributed by atoms with Crippen LogP contribution in [0.4, 0.5) is 5.82 Å². The highest BCUT2D eigenvalue weighted by molar-refractivity contribution is 5.78. The average molecular weight is 288 g/mol. The van der Waals surface area contributed by atoms with E-state index in [1.165, 1.54) is 5.56 Å². The number of anilines is 1. The number of pyridine rings is 1. The van der Waals surface area contributed by atoms with Crippen LogP contribution in [0.1, 0.15) is 11.1 Å². The lowest BCUT2D eigenvalue weighted by Gasteiger charge is -2.11. The van der Waals surface area contributed by atoms with E-state index in [-0.39, 0.29) is 5.82 Å². The Hall–Kier alpha value is -3.06. The summed E-state index contributed by atoms with van der Waals surface area (Å²) in [6, 6.07) is 16.1. The third-order valence-electron chi connectivity index (χ3n) is 3.73. The summed E-state index contributed by atoms with van der Waals surface area (Å²) in [6.07, 6.45) is 1.94. The van der Waals surface area contributed by atoms with Gasteiger partial charge in [-0.3, -0.25) is 0 Å². The number of nitriles is 1. The standard InChI is InChI=1S/C18H16N4/c1-12-5-7-13(8-6-12)16-10-14(15(11-19)18(20)21-16)17-4-3-9-22(17)2/h3-10H,1-2H3,(H2,20,21). The van der Waals surface area contributed by atoms with Crippen molar-refractivity contribution in [2.45, 2.75) is 6.92 Å². The third-order valence-corrected chi connectivity index (χ3v) is 3.73. The fourth-order valence-corrected chi connectivity index (χ4v) is 2.50. The number of aromatic nitrogens is 2. The van der Waals surface area contributed by atoms with Crippen LogP contribution in [0.2, 0.25) is 0 Å². The van der Waals surface area contributed by atoms with E-state index < -0.39 is 0 Å². The topological polar surface area (TPSA) is 67.6 Å². The molecule has 0 saturated carbocycles. The van der Waals surface area contributed by atoms with E-state index in [9.17, 15) is 5.26 Å². The summed E-state index contributed by atoms with van der Waals surface area (Å²) in [5.41, 5.74) is 11.1. The first kappa shape index (κ1) is 13.9. The second-order valence-corrected chi connectivity index (χ2v) is 5.30. The number of benzene rings is 1. The van der Waals surface area contributed by atoms with Crippen LogP contribution in [0.3, 0.4) is 0 Å². The largest absolute Gasteiger partial charge is 0.383 e. The highest BCUT2D eigenvalue weighted by atomic mass is 14.9. The highest BCUT2D eigenvalue weighted by Crippen LogP contribution is 2.31. The van der Waals surface area contributed by atoms with Gasteiger partial charge in [-0.1, -0.05) is 29.8 Å². The first-order valence-electron chi connectivity index (χ1n) is 6.99. The maximum absolute atomic E-state index is 9.41. The molecule has 0 aliphatic heterocycles. The first-order valence-corrected chi connectivity index (χ1v) is 6.99. The van der Waals surface area contributed by atoms with Gasteiger partial charge in [0.05, 0.1) is 5.69 Å². The van der Waals surface area contributed by atoms with Crippen molar-refractivity contribution in [2.24, 2.45) is 7.05 Å². The molecule has 0 bridgehead atoms. The molecule has 4 nitrogen and oxygen atoms in total. The van der Waals surface area contributed by atoms with Gasteiger partial charge in [-0.05, 0) is 25.1 Å². The van der Waals surface area contributed by atoms with Crippen LogP contribution in [0.5, 0.6) is 0 Å². The molecule has 0 aliphatic rings.